The van der Waals surface area contributed by atoms with E-state index in [2.05, 4.69) is 16.0 Å². The highest BCUT2D eigenvalue weighted by molar-refractivity contribution is 6.32. The van der Waals surface area contributed by atoms with E-state index in [9.17, 15) is 18.8 Å². The molecule has 5 N–H and O–H groups in total. The van der Waals surface area contributed by atoms with Crippen molar-refractivity contribution in [3.8, 4) is 11.1 Å². The zero-order valence-electron chi connectivity index (χ0n) is 22.5. The fourth-order valence-electron chi connectivity index (χ4n) is 5.90. The van der Waals surface area contributed by atoms with Gasteiger partial charge in [-0.1, -0.05) is 56.1 Å². The van der Waals surface area contributed by atoms with Crippen molar-refractivity contribution in [3.05, 3.63) is 81.3 Å². The molecule has 0 aliphatic carbocycles. The minimum absolute atomic E-state index is 0.0101. The largest absolute Gasteiger partial charge is 0.366 e. The van der Waals surface area contributed by atoms with Crippen LogP contribution in [0.4, 0.5) is 20.2 Å². The molecule has 1 spiro atoms. The van der Waals surface area contributed by atoms with E-state index < -0.39 is 40.9 Å². The molecule has 5 rings (SSSR count). The summed E-state index contributed by atoms with van der Waals surface area (Å²) in [5, 5.41) is 9.00. The van der Waals surface area contributed by atoms with Crippen LogP contribution in [0.2, 0.25) is 10.0 Å². The zero-order valence-corrected chi connectivity index (χ0v) is 24.0. The van der Waals surface area contributed by atoms with Crippen molar-refractivity contribution in [2.75, 3.05) is 10.6 Å². The molecule has 0 bridgehead atoms. The van der Waals surface area contributed by atoms with Gasteiger partial charge < -0.3 is 21.7 Å². The summed E-state index contributed by atoms with van der Waals surface area (Å²) in [6.45, 7) is 6.04. The van der Waals surface area contributed by atoms with Crippen molar-refractivity contribution in [3.63, 3.8) is 0 Å². The molecule has 7 nitrogen and oxygen atoms in total. The van der Waals surface area contributed by atoms with Crippen LogP contribution in [0.1, 0.15) is 49.5 Å². The van der Waals surface area contributed by atoms with Crippen molar-refractivity contribution in [2.24, 2.45) is 11.1 Å². The van der Waals surface area contributed by atoms with Gasteiger partial charge in [-0.05, 0) is 60.2 Å². The van der Waals surface area contributed by atoms with Crippen LogP contribution in [-0.4, -0.2) is 29.8 Å². The molecular formula is C30H28Cl2F2N4O3. The van der Waals surface area contributed by atoms with Gasteiger partial charge >= 0.3 is 0 Å². The van der Waals surface area contributed by atoms with E-state index in [1.54, 1.807) is 24.3 Å². The van der Waals surface area contributed by atoms with Crippen molar-refractivity contribution < 1.29 is 23.2 Å². The van der Waals surface area contributed by atoms with E-state index >= 15 is 4.39 Å². The van der Waals surface area contributed by atoms with E-state index in [0.29, 0.717) is 23.2 Å². The Morgan fingerprint density at radius 1 is 1.10 bits per heavy atom. The number of nitrogens with one attached hydrogen (secondary N) is 3. The minimum Gasteiger partial charge on any atom is -0.366 e. The normalized spacial score (nSPS) is 21.6. The van der Waals surface area contributed by atoms with E-state index in [1.165, 1.54) is 18.2 Å². The van der Waals surface area contributed by atoms with Gasteiger partial charge in [-0.3, -0.25) is 14.4 Å². The number of hydrogen-bond donors (Lipinski definition) is 4. The van der Waals surface area contributed by atoms with E-state index in [-0.39, 0.29) is 44.6 Å². The quantitative estimate of drug-likeness (QED) is 0.286. The van der Waals surface area contributed by atoms with Crippen LogP contribution in [0.15, 0.2) is 48.5 Å². The molecular weight excluding hydrogens is 573 g/mol. The van der Waals surface area contributed by atoms with Crippen molar-refractivity contribution in [1.82, 2.24) is 5.32 Å². The summed E-state index contributed by atoms with van der Waals surface area (Å²) in [5.41, 5.74) is 4.98. The summed E-state index contributed by atoms with van der Waals surface area (Å²) in [4.78, 5) is 38.8. The van der Waals surface area contributed by atoms with Crippen molar-refractivity contribution in [2.45, 2.75) is 51.1 Å². The molecule has 2 aliphatic rings. The molecule has 1 saturated heterocycles. The maximum atomic E-state index is 15.4. The molecule has 0 radical (unpaired) electrons. The molecule has 41 heavy (non-hydrogen) atoms. The zero-order chi connectivity index (χ0) is 29.9. The lowest BCUT2D eigenvalue weighted by Gasteiger charge is -2.34. The van der Waals surface area contributed by atoms with Crippen LogP contribution in [0.3, 0.4) is 0 Å². The number of carbonyl (C=O) groups excluding carboxylic acids is 3. The Morgan fingerprint density at radius 3 is 2.49 bits per heavy atom. The highest BCUT2D eigenvalue weighted by Gasteiger charge is 2.60. The number of amides is 3. The summed E-state index contributed by atoms with van der Waals surface area (Å²) in [6.07, 6.45) is 0.488. The fourth-order valence-corrected chi connectivity index (χ4v) is 6.29. The van der Waals surface area contributed by atoms with Crippen LogP contribution in [0.25, 0.3) is 11.1 Å². The lowest BCUT2D eigenvalue weighted by molar-refractivity contribution is -0.121. The Hall–Kier alpha value is -3.53. The molecule has 3 aromatic carbocycles. The topological polar surface area (TPSA) is 113 Å². The third-order valence-electron chi connectivity index (χ3n) is 7.61. The second kappa shape index (κ2) is 10.4. The third kappa shape index (κ3) is 5.18. The number of carbonyl (C=O) groups is 3. The first kappa shape index (κ1) is 29.0. The molecule has 0 aromatic heterocycles. The van der Waals surface area contributed by atoms with Gasteiger partial charge in [0.05, 0.1) is 22.2 Å². The Balaban J connectivity index is 1.60. The predicted molar refractivity (Wildman–Crippen MR) is 155 cm³/mol. The van der Waals surface area contributed by atoms with E-state index in [4.69, 9.17) is 28.9 Å². The molecule has 0 saturated carbocycles. The van der Waals surface area contributed by atoms with Crippen LogP contribution in [-0.2, 0) is 15.0 Å². The summed E-state index contributed by atoms with van der Waals surface area (Å²) in [6, 6.07) is 9.84. The number of hydrogen-bond acceptors (Lipinski definition) is 4. The standard InChI is InChI=1S/C30H28Cl2F2N4O3/c1-29(2,3)13-23-30(12-22(36-23)27(40)37-20-8-7-14(26(35)39)9-19(20)33)24-17(16-5-4-6-18(32)25(16)34)10-15(31)11-21(24)38-28(30)41/h4-11,22-23,36H,12-13H2,1-3H3,(H2,35,39)(H,37,40)(H,38,41)/t22-,23+,30?/m1/s1. The average Bonchev–Trinajstić information content (AvgIpc) is 3.38. The van der Waals surface area contributed by atoms with Crippen LogP contribution in [0.5, 0.6) is 0 Å². The SMILES string of the molecule is CC(C)(C)C[C@@H]1N[C@@H](C(=O)Nc2ccc(C(N)=O)cc2F)CC12C(=O)Nc1cc(Cl)cc(-c3cccc(Cl)c3F)c12. The van der Waals surface area contributed by atoms with E-state index in [0.717, 1.165) is 6.07 Å². The predicted octanol–water partition coefficient (Wildman–Crippen LogP) is 6.03. The van der Waals surface area contributed by atoms with E-state index in [1.807, 2.05) is 20.8 Å². The molecule has 2 heterocycles. The molecule has 2 aliphatic heterocycles. The summed E-state index contributed by atoms with van der Waals surface area (Å²) in [7, 11) is 0. The van der Waals surface area contributed by atoms with Gasteiger partial charge in [0.2, 0.25) is 17.7 Å². The number of anilines is 2. The Bertz CT molecular complexity index is 1610. The van der Waals surface area contributed by atoms with Crippen LogP contribution < -0.4 is 21.7 Å². The first-order valence-electron chi connectivity index (χ1n) is 13.0. The van der Waals surface area contributed by atoms with Gasteiger partial charge in [-0.2, -0.15) is 0 Å². The smallest absolute Gasteiger partial charge is 0.248 e. The number of primary amides is 1. The summed E-state index contributed by atoms with van der Waals surface area (Å²) in [5.74, 6) is -3.21. The van der Waals surface area contributed by atoms with Crippen molar-refractivity contribution in [1.29, 1.82) is 0 Å². The molecule has 11 heteroatoms. The summed E-state index contributed by atoms with van der Waals surface area (Å²) < 4.78 is 30.1. The highest BCUT2D eigenvalue weighted by Crippen LogP contribution is 2.54. The third-order valence-corrected chi connectivity index (χ3v) is 8.12. The lowest BCUT2D eigenvalue weighted by Crippen LogP contribution is -2.48. The fraction of sp³-hybridized carbons (Fsp3) is 0.300. The maximum Gasteiger partial charge on any atom is 0.248 e. The van der Waals surface area contributed by atoms with Gasteiger partial charge in [-0.15, -0.1) is 0 Å². The number of halogens is 4. The molecule has 3 aromatic rings. The second-order valence-electron chi connectivity index (χ2n) is 11.7. The molecule has 1 unspecified atom stereocenters. The first-order valence-corrected chi connectivity index (χ1v) is 13.7. The van der Waals surface area contributed by atoms with Crippen LogP contribution in [0, 0.1) is 17.0 Å². The lowest BCUT2D eigenvalue weighted by atomic mass is 9.68. The van der Waals surface area contributed by atoms with Gasteiger partial charge in [-0.25, -0.2) is 8.78 Å². The molecule has 3 amide bonds. The summed E-state index contributed by atoms with van der Waals surface area (Å²) >= 11 is 12.5. The Labute approximate surface area is 245 Å². The monoisotopic (exact) mass is 600 g/mol. The highest BCUT2D eigenvalue weighted by atomic mass is 35.5. The number of benzene rings is 3. The second-order valence-corrected chi connectivity index (χ2v) is 12.5. The molecule has 1 fully saturated rings. The van der Waals surface area contributed by atoms with Gasteiger partial charge in [0, 0.05) is 33.4 Å². The Kier molecular flexibility index (Phi) is 7.34. The number of nitrogens with two attached hydrogens (primary N) is 1. The van der Waals surface area contributed by atoms with Gasteiger partial charge in [0.15, 0.2) is 0 Å². The Morgan fingerprint density at radius 2 is 1.83 bits per heavy atom. The maximum absolute atomic E-state index is 15.4. The minimum atomic E-state index is -1.28. The van der Waals surface area contributed by atoms with Crippen molar-refractivity contribution >= 4 is 52.3 Å². The number of rotatable bonds is 5. The first-order chi connectivity index (χ1) is 19.2. The average molecular weight is 601 g/mol. The molecule has 214 valence electrons. The molecule has 3 atom stereocenters. The van der Waals surface area contributed by atoms with Gasteiger partial charge in [0.1, 0.15) is 11.6 Å². The number of fused-ring (bicyclic) bond motifs is 2. The van der Waals surface area contributed by atoms with Gasteiger partial charge in [0.25, 0.3) is 0 Å². The van der Waals surface area contributed by atoms with Crippen LogP contribution >= 0.6 is 23.2 Å².